The molecule has 11 heavy (non-hydrogen) atoms. The van der Waals surface area contributed by atoms with E-state index in [0.717, 1.165) is 0 Å². The molecule has 0 aromatic heterocycles. The van der Waals surface area contributed by atoms with Gasteiger partial charge in [0.1, 0.15) is 0 Å². The molecule has 0 aromatic carbocycles. The first-order valence-electron chi connectivity index (χ1n) is 4.41. The van der Waals surface area contributed by atoms with Gasteiger partial charge in [-0.05, 0) is 13.3 Å². The molecule has 0 aliphatic heterocycles. The number of rotatable bonds is 6. The molecule has 0 fully saturated rings. The monoisotopic (exact) mass is 154 g/mol. The van der Waals surface area contributed by atoms with Gasteiger partial charge >= 0.3 is 0 Å². The molecule has 0 amide bonds. The van der Waals surface area contributed by atoms with E-state index in [1.54, 1.807) is 0 Å². The summed E-state index contributed by atoms with van der Waals surface area (Å²) in [4.78, 5) is 0. The average molecular weight is 154 g/mol. The summed E-state index contributed by atoms with van der Waals surface area (Å²) >= 11 is 0. The maximum atomic E-state index is 8.27. The number of nitriles is 1. The molecule has 0 radical (unpaired) electrons. The van der Waals surface area contributed by atoms with Gasteiger partial charge in [0, 0.05) is 6.04 Å². The largest absolute Gasteiger partial charge is 0.302 e. The first-order valence-corrected chi connectivity index (χ1v) is 4.41. The molecular formula is C9H18N2. The van der Waals surface area contributed by atoms with E-state index in [1.807, 2.05) is 0 Å². The Morgan fingerprint density at radius 3 is 2.73 bits per heavy atom. The van der Waals surface area contributed by atoms with Gasteiger partial charge in [0.05, 0.1) is 12.6 Å². The number of unbranched alkanes of at least 4 members (excludes halogenated alkanes) is 2. The Balaban J connectivity index is 3.10. The van der Waals surface area contributed by atoms with Crippen LogP contribution in [0.2, 0.25) is 0 Å². The molecule has 1 atom stereocenters. The molecule has 0 aliphatic carbocycles. The first kappa shape index (κ1) is 10.4. The Hall–Kier alpha value is -0.550. The summed E-state index contributed by atoms with van der Waals surface area (Å²) in [6.45, 7) is 4.81. The normalized spacial score (nSPS) is 12.5. The van der Waals surface area contributed by atoms with Crippen molar-refractivity contribution in [2.75, 3.05) is 6.54 Å². The van der Waals surface area contributed by atoms with Crippen LogP contribution in [0.5, 0.6) is 0 Å². The smallest absolute Gasteiger partial charge is 0.0842 e. The Bertz CT molecular complexity index is 115. The van der Waals surface area contributed by atoms with Crippen LogP contribution in [0.3, 0.4) is 0 Å². The molecule has 0 saturated carbocycles. The standard InChI is InChI=1S/C9H18N2/c1-3-4-5-6-9(2)11-8-7-10/h9,11H,3-6,8H2,1-2H3/t9-/m0/s1. The number of nitrogens with zero attached hydrogens (tertiary/aromatic N) is 1. The van der Waals surface area contributed by atoms with Gasteiger partial charge in [-0.15, -0.1) is 0 Å². The molecule has 0 aromatic rings. The quantitative estimate of drug-likeness (QED) is 0.469. The summed E-state index contributed by atoms with van der Waals surface area (Å²) in [5.74, 6) is 0. The van der Waals surface area contributed by atoms with E-state index in [9.17, 15) is 0 Å². The fourth-order valence-corrected chi connectivity index (χ4v) is 1.02. The van der Waals surface area contributed by atoms with Crippen LogP contribution < -0.4 is 5.32 Å². The van der Waals surface area contributed by atoms with E-state index in [-0.39, 0.29) is 0 Å². The van der Waals surface area contributed by atoms with Gasteiger partial charge in [0.25, 0.3) is 0 Å². The third-order valence-electron chi connectivity index (χ3n) is 1.77. The van der Waals surface area contributed by atoms with Gasteiger partial charge in [-0.25, -0.2) is 0 Å². The molecule has 0 heterocycles. The van der Waals surface area contributed by atoms with Crippen molar-refractivity contribution in [2.24, 2.45) is 0 Å². The van der Waals surface area contributed by atoms with Crippen molar-refractivity contribution in [3.8, 4) is 6.07 Å². The van der Waals surface area contributed by atoms with Crippen LogP contribution >= 0.6 is 0 Å². The molecule has 2 nitrogen and oxygen atoms in total. The van der Waals surface area contributed by atoms with E-state index < -0.39 is 0 Å². The zero-order valence-electron chi connectivity index (χ0n) is 7.56. The highest BCUT2D eigenvalue weighted by Crippen LogP contribution is 2.01. The van der Waals surface area contributed by atoms with Gasteiger partial charge in [-0.2, -0.15) is 5.26 Å². The van der Waals surface area contributed by atoms with Gasteiger partial charge in [0.15, 0.2) is 0 Å². The Morgan fingerprint density at radius 2 is 2.18 bits per heavy atom. The Kier molecular flexibility index (Phi) is 7.18. The van der Waals surface area contributed by atoms with Crippen LogP contribution in [-0.2, 0) is 0 Å². The van der Waals surface area contributed by atoms with E-state index in [2.05, 4.69) is 25.2 Å². The van der Waals surface area contributed by atoms with E-state index in [4.69, 9.17) is 5.26 Å². The van der Waals surface area contributed by atoms with Crippen molar-refractivity contribution in [3.05, 3.63) is 0 Å². The molecule has 0 saturated heterocycles. The molecular weight excluding hydrogens is 136 g/mol. The first-order chi connectivity index (χ1) is 5.31. The van der Waals surface area contributed by atoms with Crippen LogP contribution in [0.15, 0.2) is 0 Å². The van der Waals surface area contributed by atoms with Crippen molar-refractivity contribution >= 4 is 0 Å². The fourth-order valence-electron chi connectivity index (χ4n) is 1.02. The van der Waals surface area contributed by atoms with E-state index in [0.29, 0.717) is 12.6 Å². The lowest BCUT2D eigenvalue weighted by atomic mass is 10.1. The second-order valence-corrected chi connectivity index (χ2v) is 2.94. The Morgan fingerprint density at radius 1 is 1.45 bits per heavy atom. The van der Waals surface area contributed by atoms with Crippen molar-refractivity contribution in [1.82, 2.24) is 5.32 Å². The topological polar surface area (TPSA) is 35.8 Å². The average Bonchev–Trinajstić information content (AvgIpc) is 2.01. The minimum absolute atomic E-state index is 0.479. The van der Waals surface area contributed by atoms with Crippen molar-refractivity contribution < 1.29 is 0 Å². The summed E-state index contributed by atoms with van der Waals surface area (Å²) in [5.41, 5.74) is 0. The highest BCUT2D eigenvalue weighted by atomic mass is 14.9. The van der Waals surface area contributed by atoms with Crippen LogP contribution in [0.25, 0.3) is 0 Å². The van der Waals surface area contributed by atoms with Crippen LogP contribution in [-0.4, -0.2) is 12.6 Å². The van der Waals surface area contributed by atoms with Crippen molar-refractivity contribution in [1.29, 1.82) is 5.26 Å². The van der Waals surface area contributed by atoms with Crippen LogP contribution in [0.4, 0.5) is 0 Å². The zero-order valence-corrected chi connectivity index (χ0v) is 7.56. The molecule has 2 heteroatoms. The lowest BCUT2D eigenvalue weighted by Crippen LogP contribution is -2.25. The van der Waals surface area contributed by atoms with Gasteiger partial charge in [-0.1, -0.05) is 26.2 Å². The predicted octanol–water partition coefficient (Wildman–Crippen LogP) is 2.07. The minimum Gasteiger partial charge on any atom is -0.302 e. The summed E-state index contributed by atoms with van der Waals surface area (Å²) in [7, 11) is 0. The second kappa shape index (κ2) is 7.56. The van der Waals surface area contributed by atoms with Crippen LogP contribution in [0.1, 0.15) is 39.5 Å². The molecule has 0 aliphatic rings. The lowest BCUT2D eigenvalue weighted by molar-refractivity contribution is 0.511. The lowest BCUT2D eigenvalue weighted by Gasteiger charge is -2.09. The molecule has 0 rings (SSSR count). The summed E-state index contributed by atoms with van der Waals surface area (Å²) in [6.07, 6.45) is 5.04. The van der Waals surface area contributed by atoms with Gasteiger partial charge in [0.2, 0.25) is 0 Å². The maximum absolute atomic E-state index is 8.27. The predicted molar refractivity (Wildman–Crippen MR) is 47.2 cm³/mol. The number of nitrogens with one attached hydrogen (secondary N) is 1. The van der Waals surface area contributed by atoms with Crippen molar-refractivity contribution in [2.45, 2.75) is 45.6 Å². The molecule has 0 spiro atoms. The summed E-state index contributed by atoms with van der Waals surface area (Å²) < 4.78 is 0. The number of hydrogen-bond acceptors (Lipinski definition) is 2. The maximum Gasteiger partial charge on any atom is 0.0842 e. The summed E-state index contributed by atoms with van der Waals surface area (Å²) in [5, 5.41) is 11.4. The van der Waals surface area contributed by atoms with Crippen molar-refractivity contribution in [3.63, 3.8) is 0 Å². The highest BCUT2D eigenvalue weighted by Gasteiger charge is 1.98. The molecule has 0 unspecified atom stereocenters. The zero-order chi connectivity index (χ0) is 8.53. The summed E-state index contributed by atoms with van der Waals surface area (Å²) in [6, 6.07) is 2.58. The third-order valence-corrected chi connectivity index (χ3v) is 1.77. The second-order valence-electron chi connectivity index (χ2n) is 2.94. The third kappa shape index (κ3) is 7.35. The fraction of sp³-hybridized carbons (Fsp3) is 0.889. The minimum atomic E-state index is 0.479. The molecule has 1 N–H and O–H groups in total. The highest BCUT2D eigenvalue weighted by molar-refractivity contribution is 4.75. The van der Waals surface area contributed by atoms with Crippen LogP contribution in [0, 0.1) is 11.3 Å². The van der Waals surface area contributed by atoms with E-state index in [1.165, 1.54) is 25.7 Å². The Labute approximate surface area is 69.6 Å². The van der Waals surface area contributed by atoms with Gasteiger partial charge < -0.3 is 5.32 Å². The van der Waals surface area contributed by atoms with Gasteiger partial charge in [-0.3, -0.25) is 0 Å². The van der Waals surface area contributed by atoms with E-state index >= 15 is 0 Å². The molecule has 0 bridgehead atoms. The number of hydrogen-bond donors (Lipinski definition) is 1. The SMILES string of the molecule is CCCCC[C@H](C)NCC#N. The molecule has 64 valence electrons.